The second-order valence-corrected chi connectivity index (χ2v) is 7.61. The van der Waals surface area contributed by atoms with E-state index in [1.165, 1.54) is 0 Å². The third-order valence-corrected chi connectivity index (χ3v) is 5.46. The average Bonchev–Trinajstić information content (AvgIpc) is 2.86. The summed E-state index contributed by atoms with van der Waals surface area (Å²) < 4.78 is 23.0. The van der Waals surface area contributed by atoms with Gasteiger partial charge in [0.15, 0.2) is 9.84 Å². The first-order chi connectivity index (χ1) is 10.5. The van der Waals surface area contributed by atoms with Crippen molar-refractivity contribution in [3.8, 4) is 0 Å². The zero-order valence-electron chi connectivity index (χ0n) is 12.3. The second kappa shape index (κ2) is 5.92. The Bertz CT molecular complexity index is 749. The van der Waals surface area contributed by atoms with Gasteiger partial charge >= 0.3 is 0 Å². The number of anilines is 3. The van der Waals surface area contributed by atoms with Gasteiger partial charge in [0.1, 0.15) is 5.82 Å². The highest BCUT2D eigenvalue weighted by molar-refractivity contribution is 7.91. The SMILES string of the molecule is CN(c1ccccc1)c1ccnc(NC2CCS(=O)(=O)C2)n1. The van der Waals surface area contributed by atoms with Gasteiger partial charge in [-0.2, -0.15) is 4.98 Å². The van der Waals surface area contributed by atoms with E-state index in [2.05, 4.69) is 15.3 Å². The summed E-state index contributed by atoms with van der Waals surface area (Å²) >= 11 is 0. The fraction of sp³-hybridized carbons (Fsp3) is 0.333. The number of aromatic nitrogens is 2. The molecule has 3 rings (SSSR count). The summed E-state index contributed by atoms with van der Waals surface area (Å²) in [4.78, 5) is 10.6. The lowest BCUT2D eigenvalue weighted by Crippen LogP contribution is -2.22. The number of sulfone groups is 1. The van der Waals surface area contributed by atoms with Crippen molar-refractivity contribution < 1.29 is 8.42 Å². The molecule has 0 saturated carbocycles. The molecule has 0 radical (unpaired) electrons. The Morgan fingerprint density at radius 1 is 1.23 bits per heavy atom. The minimum Gasteiger partial charge on any atom is -0.350 e. The van der Waals surface area contributed by atoms with Gasteiger partial charge in [-0.1, -0.05) is 18.2 Å². The van der Waals surface area contributed by atoms with Gasteiger partial charge in [0.05, 0.1) is 11.5 Å². The van der Waals surface area contributed by atoms with Crippen LogP contribution in [0.5, 0.6) is 0 Å². The van der Waals surface area contributed by atoms with E-state index in [1.807, 2.05) is 48.3 Å². The third kappa shape index (κ3) is 3.36. The maximum absolute atomic E-state index is 11.5. The van der Waals surface area contributed by atoms with Crippen molar-refractivity contribution in [1.82, 2.24) is 9.97 Å². The average molecular weight is 318 g/mol. The van der Waals surface area contributed by atoms with Gasteiger partial charge in [-0.05, 0) is 24.6 Å². The molecule has 1 unspecified atom stereocenters. The van der Waals surface area contributed by atoms with E-state index >= 15 is 0 Å². The highest BCUT2D eigenvalue weighted by Gasteiger charge is 2.28. The molecule has 6 nitrogen and oxygen atoms in total. The molecule has 7 heteroatoms. The maximum Gasteiger partial charge on any atom is 0.224 e. The summed E-state index contributed by atoms with van der Waals surface area (Å²) in [5.74, 6) is 1.59. The van der Waals surface area contributed by atoms with E-state index in [4.69, 9.17) is 0 Å². The molecule has 1 N–H and O–H groups in total. The Balaban J connectivity index is 1.76. The quantitative estimate of drug-likeness (QED) is 0.927. The van der Waals surface area contributed by atoms with Crippen LogP contribution in [0.15, 0.2) is 42.6 Å². The molecule has 1 saturated heterocycles. The standard InChI is InChI=1S/C15H18N4O2S/c1-19(13-5-3-2-4-6-13)14-7-9-16-15(18-14)17-12-8-10-22(20,21)11-12/h2-7,9,12H,8,10-11H2,1H3,(H,16,17,18). The normalized spacial score (nSPS) is 19.8. The van der Waals surface area contributed by atoms with Crippen molar-refractivity contribution >= 4 is 27.3 Å². The van der Waals surface area contributed by atoms with Crippen LogP contribution in [0.1, 0.15) is 6.42 Å². The molecule has 0 amide bonds. The topological polar surface area (TPSA) is 75.2 Å². The number of hydrogen-bond acceptors (Lipinski definition) is 6. The Labute approximate surface area is 130 Å². The number of nitrogens with one attached hydrogen (secondary N) is 1. The van der Waals surface area contributed by atoms with Gasteiger partial charge in [-0.15, -0.1) is 0 Å². The summed E-state index contributed by atoms with van der Waals surface area (Å²) in [5, 5.41) is 3.12. The maximum atomic E-state index is 11.5. The predicted octanol–water partition coefficient (Wildman–Crippen LogP) is 1.84. The van der Waals surface area contributed by atoms with Crippen molar-refractivity contribution in [3.63, 3.8) is 0 Å². The van der Waals surface area contributed by atoms with Crippen molar-refractivity contribution in [3.05, 3.63) is 42.6 Å². The largest absolute Gasteiger partial charge is 0.350 e. The zero-order valence-corrected chi connectivity index (χ0v) is 13.1. The molecule has 116 valence electrons. The van der Waals surface area contributed by atoms with Crippen molar-refractivity contribution in [1.29, 1.82) is 0 Å². The Hall–Kier alpha value is -2.15. The first kappa shape index (κ1) is 14.8. The first-order valence-electron chi connectivity index (χ1n) is 7.12. The van der Waals surface area contributed by atoms with Crippen LogP contribution in [0.2, 0.25) is 0 Å². The van der Waals surface area contributed by atoms with Crippen LogP contribution in [0.3, 0.4) is 0 Å². The van der Waals surface area contributed by atoms with Crippen LogP contribution in [0, 0.1) is 0 Å². The van der Waals surface area contributed by atoms with Crippen LogP contribution in [0.4, 0.5) is 17.5 Å². The smallest absolute Gasteiger partial charge is 0.224 e. The van der Waals surface area contributed by atoms with Crippen LogP contribution in [0.25, 0.3) is 0 Å². The van der Waals surface area contributed by atoms with Gasteiger partial charge in [0.25, 0.3) is 0 Å². The third-order valence-electron chi connectivity index (χ3n) is 3.69. The van der Waals surface area contributed by atoms with Crippen molar-refractivity contribution in [2.24, 2.45) is 0 Å². The second-order valence-electron chi connectivity index (χ2n) is 5.38. The minimum atomic E-state index is -2.91. The lowest BCUT2D eigenvalue weighted by Gasteiger charge is -2.19. The van der Waals surface area contributed by atoms with E-state index in [9.17, 15) is 8.42 Å². The molecule has 1 fully saturated rings. The van der Waals surface area contributed by atoms with Gasteiger partial charge < -0.3 is 10.2 Å². The number of hydrogen-bond donors (Lipinski definition) is 1. The molecule has 1 aromatic heterocycles. The van der Waals surface area contributed by atoms with Crippen LogP contribution in [-0.2, 0) is 9.84 Å². The Morgan fingerprint density at radius 2 is 2.00 bits per heavy atom. The molecule has 2 aromatic rings. The molecule has 1 aliphatic heterocycles. The molecule has 2 heterocycles. The summed E-state index contributed by atoms with van der Waals surface area (Å²) in [7, 11) is -0.981. The monoisotopic (exact) mass is 318 g/mol. The van der Waals surface area contributed by atoms with Crippen LogP contribution < -0.4 is 10.2 Å². The first-order valence-corrected chi connectivity index (χ1v) is 8.94. The Kier molecular flexibility index (Phi) is 3.98. The summed E-state index contributed by atoms with van der Waals surface area (Å²) in [6, 6.07) is 11.6. The molecular weight excluding hydrogens is 300 g/mol. The van der Waals surface area contributed by atoms with E-state index in [0.717, 1.165) is 11.5 Å². The number of benzene rings is 1. The van der Waals surface area contributed by atoms with Gasteiger partial charge in [-0.3, -0.25) is 0 Å². The fourth-order valence-corrected chi connectivity index (χ4v) is 4.15. The van der Waals surface area contributed by atoms with Gasteiger partial charge in [0.2, 0.25) is 5.95 Å². The van der Waals surface area contributed by atoms with Gasteiger partial charge in [0, 0.05) is 25.0 Å². The van der Waals surface area contributed by atoms with Crippen molar-refractivity contribution in [2.75, 3.05) is 28.8 Å². The fourth-order valence-electron chi connectivity index (χ4n) is 2.48. The molecule has 0 aliphatic carbocycles. The summed E-state index contributed by atoms with van der Waals surface area (Å²) in [6.07, 6.45) is 2.28. The molecular formula is C15H18N4O2S. The predicted molar refractivity (Wildman–Crippen MR) is 87.2 cm³/mol. The zero-order chi connectivity index (χ0) is 15.6. The van der Waals surface area contributed by atoms with E-state index in [-0.39, 0.29) is 17.5 Å². The highest BCUT2D eigenvalue weighted by atomic mass is 32.2. The van der Waals surface area contributed by atoms with E-state index in [1.54, 1.807) is 6.20 Å². The van der Waals surface area contributed by atoms with E-state index < -0.39 is 9.84 Å². The van der Waals surface area contributed by atoms with Crippen LogP contribution >= 0.6 is 0 Å². The number of rotatable bonds is 4. The number of nitrogens with zero attached hydrogens (tertiary/aromatic N) is 3. The minimum absolute atomic E-state index is 0.109. The molecule has 1 aromatic carbocycles. The Morgan fingerprint density at radius 3 is 2.68 bits per heavy atom. The van der Waals surface area contributed by atoms with Crippen molar-refractivity contribution in [2.45, 2.75) is 12.5 Å². The number of para-hydroxylation sites is 1. The summed E-state index contributed by atoms with van der Waals surface area (Å²) in [5.41, 5.74) is 1.02. The molecule has 0 bridgehead atoms. The molecule has 0 spiro atoms. The molecule has 1 aliphatic rings. The van der Waals surface area contributed by atoms with Crippen LogP contribution in [-0.4, -0.2) is 43.0 Å². The molecule has 1 atom stereocenters. The molecule has 22 heavy (non-hydrogen) atoms. The van der Waals surface area contributed by atoms with E-state index in [0.29, 0.717) is 12.4 Å². The lowest BCUT2D eigenvalue weighted by molar-refractivity contribution is 0.602. The van der Waals surface area contributed by atoms with Gasteiger partial charge in [-0.25, -0.2) is 13.4 Å². The summed E-state index contributed by atoms with van der Waals surface area (Å²) in [6.45, 7) is 0. The highest BCUT2D eigenvalue weighted by Crippen LogP contribution is 2.22. The lowest BCUT2D eigenvalue weighted by atomic mass is 10.3.